The van der Waals surface area contributed by atoms with Gasteiger partial charge in [0.15, 0.2) is 0 Å². The van der Waals surface area contributed by atoms with Crippen molar-refractivity contribution in [3.8, 4) is 5.75 Å². The molecule has 7 nitrogen and oxygen atoms in total. The van der Waals surface area contributed by atoms with Crippen molar-refractivity contribution < 1.29 is 14.3 Å². The molecule has 1 aromatic heterocycles. The first kappa shape index (κ1) is 19.5. The number of benzene rings is 1. The fourth-order valence-corrected chi connectivity index (χ4v) is 5.09. The molecule has 30 heavy (non-hydrogen) atoms. The molecule has 3 fully saturated rings. The molecule has 1 spiro atoms. The molecule has 0 bridgehead atoms. The summed E-state index contributed by atoms with van der Waals surface area (Å²) in [4.78, 5) is 15.3. The molecule has 160 valence electrons. The molecule has 2 aromatic rings. The van der Waals surface area contributed by atoms with Crippen molar-refractivity contribution in [1.82, 2.24) is 19.7 Å². The van der Waals surface area contributed by atoms with E-state index in [2.05, 4.69) is 19.7 Å². The molecule has 5 rings (SSSR count). The summed E-state index contributed by atoms with van der Waals surface area (Å²) in [6.45, 7) is 5.64. The number of amides is 1. The average Bonchev–Trinajstić information content (AvgIpc) is 3.38. The Labute approximate surface area is 177 Å². The number of rotatable bonds is 6. The van der Waals surface area contributed by atoms with Crippen LogP contribution >= 0.6 is 0 Å². The van der Waals surface area contributed by atoms with E-state index in [9.17, 15) is 4.79 Å². The summed E-state index contributed by atoms with van der Waals surface area (Å²) in [5, 5.41) is 8.77. The molecule has 0 radical (unpaired) electrons. The van der Waals surface area contributed by atoms with E-state index in [1.807, 2.05) is 37.5 Å². The van der Waals surface area contributed by atoms with E-state index in [4.69, 9.17) is 9.47 Å². The highest BCUT2D eigenvalue weighted by atomic mass is 16.5. The van der Waals surface area contributed by atoms with Gasteiger partial charge in [0.1, 0.15) is 17.9 Å². The van der Waals surface area contributed by atoms with Crippen LogP contribution in [0.2, 0.25) is 0 Å². The van der Waals surface area contributed by atoms with E-state index in [0.717, 1.165) is 56.3 Å². The molecule has 3 aliphatic rings. The van der Waals surface area contributed by atoms with Crippen LogP contribution in [-0.2, 0) is 16.0 Å². The second kappa shape index (κ2) is 8.02. The van der Waals surface area contributed by atoms with Gasteiger partial charge in [-0.25, -0.2) is 0 Å². The Morgan fingerprint density at radius 3 is 2.70 bits per heavy atom. The van der Waals surface area contributed by atoms with Crippen molar-refractivity contribution in [2.45, 2.75) is 51.0 Å². The summed E-state index contributed by atoms with van der Waals surface area (Å²) in [5.74, 6) is 2.32. The summed E-state index contributed by atoms with van der Waals surface area (Å²) >= 11 is 0. The smallest absolute Gasteiger partial charge is 0.227 e. The van der Waals surface area contributed by atoms with Crippen LogP contribution in [0.1, 0.15) is 56.0 Å². The SMILES string of the molecule is CCOc1ccc(CC(=O)N2CC(c3nncn3C3CC3)C3(CCOCC3)C2)cc1. The zero-order valence-electron chi connectivity index (χ0n) is 17.6. The van der Waals surface area contributed by atoms with Crippen molar-refractivity contribution in [2.75, 3.05) is 32.9 Å². The monoisotopic (exact) mass is 410 g/mol. The molecule has 1 aliphatic carbocycles. The van der Waals surface area contributed by atoms with Crippen LogP contribution in [0.4, 0.5) is 0 Å². The van der Waals surface area contributed by atoms with Crippen LogP contribution in [0, 0.1) is 5.41 Å². The lowest BCUT2D eigenvalue weighted by Gasteiger charge is -2.37. The molecule has 3 heterocycles. The first-order valence-corrected chi connectivity index (χ1v) is 11.2. The predicted molar refractivity (Wildman–Crippen MR) is 111 cm³/mol. The van der Waals surface area contributed by atoms with Gasteiger partial charge in [-0.3, -0.25) is 4.79 Å². The zero-order valence-corrected chi connectivity index (χ0v) is 17.6. The van der Waals surface area contributed by atoms with Gasteiger partial charge < -0.3 is 18.9 Å². The molecule has 1 unspecified atom stereocenters. The first-order chi connectivity index (χ1) is 14.7. The van der Waals surface area contributed by atoms with Gasteiger partial charge in [0.2, 0.25) is 5.91 Å². The fraction of sp³-hybridized carbons (Fsp3) is 0.609. The standard InChI is InChI=1S/C23H30N4O3/c1-2-30-19-7-3-17(4-8-19)13-21(28)26-14-20(23(15-26)9-11-29-12-10-23)22-25-24-16-27(22)18-5-6-18/h3-4,7-8,16,18,20H,2,5-6,9-15H2,1H3. The minimum atomic E-state index is 0.0480. The normalized spacial score (nSPS) is 23.1. The van der Waals surface area contributed by atoms with E-state index in [1.54, 1.807) is 0 Å². The van der Waals surface area contributed by atoms with E-state index >= 15 is 0 Å². The molecule has 1 aromatic carbocycles. The Kier molecular flexibility index (Phi) is 5.23. The van der Waals surface area contributed by atoms with E-state index in [-0.39, 0.29) is 17.2 Å². The minimum absolute atomic E-state index is 0.0480. The Morgan fingerprint density at radius 1 is 1.23 bits per heavy atom. The summed E-state index contributed by atoms with van der Waals surface area (Å²) in [6.07, 6.45) is 6.65. The third kappa shape index (κ3) is 3.71. The number of carbonyl (C=O) groups is 1. The highest BCUT2D eigenvalue weighted by Crippen LogP contribution is 2.50. The fourth-order valence-electron chi connectivity index (χ4n) is 5.09. The van der Waals surface area contributed by atoms with Gasteiger partial charge in [0, 0.05) is 43.7 Å². The topological polar surface area (TPSA) is 69.5 Å². The molecule has 2 saturated heterocycles. The van der Waals surface area contributed by atoms with Crippen LogP contribution in [0.15, 0.2) is 30.6 Å². The number of aromatic nitrogens is 3. The van der Waals surface area contributed by atoms with Crippen LogP contribution in [0.3, 0.4) is 0 Å². The molecule has 7 heteroatoms. The van der Waals surface area contributed by atoms with Gasteiger partial charge in [-0.1, -0.05) is 12.1 Å². The Balaban J connectivity index is 1.34. The second-order valence-electron chi connectivity index (χ2n) is 8.88. The van der Waals surface area contributed by atoms with Gasteiger partial charge in [0.05, 0.1) is 13.0 Å². The maximum absolute atomic E-state index is 13.2. The van der Waals surface area contributed by atoms with E-state index in [0.29, 0.717) is 19.1 Å². The summed E-state index contributed by atoms with van der Waals surface area (Å²) in [7, 11) is 0. The number of hydrogen-bond donors (Lipinski definition) is 0. The van der Waals surface area contributed by atoms with Crippen molar-refractivity contribution in [3.05, 3.63) is 42.0 Å². The van der Waals surface area contributed by atoms with Crippen molar-refractivity contribution in [1.29, 1.82) is 0 Å². The lowest BCUT2D eigenvalue weighted by Crippen LogP contribution is -2.38. The molecule has 1 atom stereocenters. The summed E-state index contributed by atoms with van der Waals surface area (Å²) in [6, 6.07) is 8.41. The highest BCUT2D eigenvalue weighted by molar-refractivity contribution is 5.79. The molecule has 1 saturated carbocycles. The average molecular weight is 411 g/mol. The number of nitrogens with zero attached hydrogens (tertiary/aromatic N) is 4. The van der Waals surface area contributed by atoms with E-state index in [1.165, 1.54) is 12.8 Å². The third-order valence-electron chi connectivity index (χ3n) is 6.93. The third-order valence-corrected chi connectivity index (χ3v) is 6.93. The number of ether oxygens (including phenoxy) is 2. The lowest BCUT2D eigenvalue weighted by atomic mass is 9.71. The van der Waals surface area contributed by atoms with Crippen molar-refractivity contribution in [3.63, 3.8) is 0 Å². The number of carbonyl (C=O) groups excluding carboxylic acids is 1. The van der Waals surface area contributed by atoms with Crippen LogP contribution in [-0.4, -0.2) is 58.5 Å². The molecule has 1 amide bonds. The molecular formula is C23H30N4O3. The lowest BCUT2D eigenvalue weighted by molar-refractivity contribution is -0.130. The van der Waals surface area contributed by atoms with Crippen LogP contribution < -0.4 is 4.74 Å². The van der Waals surface area contributed by atoms with Crippen LogP contribution in [0.25, 0.3) is 0 Å². The predicted octanol–water partition coefficient (Wildman–Crippen LogP) is 2.98. The Morgan fingerprint density at radius 2 is 2.00 bits per heavy atom. The van der Waals surface area contributed by atoms with Gasteiger partial charge in [-0.15, -0.1) is 10.2 Å². The quantitative estimate of drug-likeness (QED) is 0.732. The largest absolute Gasteiger partial charge is 0.494 e. The molecular weight excluding hydrogens is 380 g/mol. The van der Waals surface area contributed by atoms with E-state index < -0.39 is 0 Å². The van der Waals surface area contributed by atoms with Gasteiger partial charge in [0.25, 0.3) is 0 Å². The maximum Gasteiger partial charge on any atom is 0.227 e. The summed E-state index contributed by atoms with van der Waals surface area (Å²) in [5.41, 5.74) is 1.07. The maximum atomic E-state index is 13.2. The van der Waals surface area contributed by atoms with Gasteiger partial charge in [-0.05, 0) is 50.3 Å². The molecule has 0 N–H and O–H groups in total. The number of hydrogen-bond acceptors (Lipinski definition) is 5. The zero-order chi connectivity index (χ0) is 20.6. The van der Waals surface area contributed by atoms with Crippen molar-refractivity contribution in [2.24, 2.45) is 5.41 Å². The van der Waals surface area contributed by atoms with Gasteiger partial charge >= 0.3 is 0 Å². The number of likely N-dealkylation sites (tertiary alicyclic amines) is 1. The van der Waals surface area contributed by atoms with Crippen molar-refractivity contribution >= 4 is 5.91 Å². The summed E-state index contributed by atoms with van der Waals surface area (Å²) < 4.78 is 13.5. The molecule has 2 aliphatic heterocycles. The second-order valence-corrected chi connectivity index (χ2v) is 8.88. The Hall–Kier alpha value is -2.41. The Bertz CT molecular complexity index is 884. The van der Waals surface area contributed by atoms with Crippen LogP contribution in [0.5, 0.6) is 5.75 Å². The highest BCUT2D eigenvalue weighted by Gasteiger charge is 2.51. The minimum Gasteiger partial charge on any atom is -0.494 e. The van der Waals surface area contributed by atoms with Gasteiger partial charge in [-0.2, -0.15) is 0 Å². The first-order valence-electron chi connectivity index (χ1n) is 11.2.